The van der Waals surface area contributed by atoms with E-state index in [1.165, 1.54) is 0 Å². The summed E-state index contributed by atoms with van der Waals surface area (Å²) in [6.45, 7) is 0. The Hall–Kier alpha value is -1.52. The van der Waals surface area contributed by atoms with Crippen molar-refractivity contribution in [1.29, 1.82) is 0 Å². The summed E-state index contributed by atoms with van der Waals surface area (Å²) in [5.74, 6) is -1.99. The van der Waals surface area contributed by atoms with Gasteiger partial charge in [0.1, 0.15) is 0 Å². The molecule has 0 saturated heterocycles. The van der Waals surface area contributed by atoms with Crippen molar-refractivity contribution in [1.82, 2.24) is 0 Å². The number of hydrogen-bond donors (Lipinski definition) is 1. The van der Waals surface area contributed by atoms with Gasteiger partial charge in [-0.25, -0.2) is 0 Å². The lowest BCUT2D eigenvalue weighted by Crippen LogP contribution is -2.28. The van der Waals surface area contributed by atoms with Crippen molar-refractivity contribution in [2.75, 3.05) is 0 Å². The first-order valence-electron chi connectivity index (χ1n) is 5.78. The van der Waals surface area contributed by atoms with E-state index in [9.17, 15) is 18.0 Å². The van der Waals surface area contributed by atoms with E-state index in [2.05, 4.69) is 0 Å². The number of carbonyl (C=O) groups excluding carboxylic acids is 1. The lowest BCUT2D eigenvalue weighted by molar-refractivity contribution is -0.153. The Morgan fingerprint density at radius 2 is 1.83 bits per heavy atom. The van der Waals surface area contributed by atoms with E-state index < -0.39 is 24.4 Å². The molecule has 1 unspecified atom stereocenters. The van der Waals surface area contributed by atoms with Crippen molar-refractivity contribution in [3.8, 4) is 0 Å². The van der Waals surface area contributed by atoms with Crippen LogP contribution in [0.4, 0.5) is 13.2 Å². The summed E-state index contributed by atoms with van der Waals surface area (Å²) in [6, 6.07) is 9.43. The van der Waals surface area contributed by atoms with Gasteiger partial charge in [0.25, 0.3) is 0 Å². The normalized spacial score (nSPS) is 13.3. The van der Waals surface area contributed by atoms with Gasteiger partial charge in [-0.2, -0.15) is 13.2 Å². The predicted molar refractivity (Wildman–Crippen MR) is 62.7 cm³/mol. The van der Waals surface area contributed by atoms with E-state index in [0.29, 0.717) is 12.8 Å². The number of hydrogen-bond acceptors (Lipinski definition) is 1. The van der Waals surface area contributed by atoms with Gasteiger partial charge >= 0.3 is 6.18 Å². The Labute approximate surface area is 104 Å². The van der Waals surface area contributed by atoms with Crippen LogP contribution in [0.1, 0.15) is 24.8 Å². The first kappa shape index (κ1) is 14.5. The molecular formula is C13H16F3NO. The Morgan fingerprint density at radius 3 is 2.33 bits per heavy atom. The van der Waals surface area contributed by atoms with Crippen LogP contribution in [0, 0.1) is 5.92 Å². The molecule has 1 rings (SSSR count). The second-order valence-electron chi connectivity index (χ2n) is 4.30. The van der Waals surface area contributed by atoms with Crippen LogP contribution >= 0.6 is 0 Å². The Morgan fingerprint density at radius 1 is 1.22 bits per heavy atom. The molecule has 1 atom stereocenters. The van der Waals surface area contributed by atoms with Gasteiger partial charge in [0, 0.05) is 5.92 Å². The fourth-order valence-electron chi connectivity index (χ4n) is 1.82. The first-order chi connectivity index (χ1) is 8.38. The second-order valence-corrected chi connectivity index (χ2v) is 4.30. The van der Waals surface area contributed by atoms with Crippen LogP contribution in [0.3, 0.4) is 0 Å². The zero-order valence-corrected chi connectivity index (χ0v) is 9.91. The molecule has 0 radical (unpaired) electrons. The van der Waals surface area contributed by atoms with Gasteiger partial charge in [0.2, 0.25) is 5.91 Å². The molecule has 1 amide bonds. The molecule has 2 nitrogen and oxygen atoms in total. The third-order valence-electron chi connectivity index (χ3n) is 2.74. The topological polar surface area (TPSA) is 43.1 Å². The van der Waals surface area contributed by atoms with Crippen molar-refractivity contribution < 1.29 is 18.0 Å². The molecule has 0 aliphatic heterocycles. The van der Waals surface area contributed by atoms with Gasteiger partial charge in [-0.05, 0) is 24.8 Å². The minimum Gasteiger partial charge on any atom is -0.369 e. The number of aryl methyl sites for hydroxylation is 1. The quantitative estimate of drug-likeness (QED) is 0.838. The number of benzene rings is 1. The summed E-state index contributed by atoms with van der Waals surface area (Å²) < 4.78 is 36.6. The van der Waals surface area contributed by atoms with E-state index in [4.69, 9.17) is 5.73 Å². The number of carbonyl (C=O) groups is 1. The lowest BCUT2D eigenvalue weighted by atomic mass is 9.96. The Bertz CT molecular complexity index is 376. The van der Waals surface area contributed by atoms with Crippen molar-refractivity contribution in [2.24, 2.45) is 11.7 Å². The highest BCUT2D eigenvalue weighted by Gasteiger charge is 2.33. The van der Waals surface area contributed by atoms with E-state index in [1.54, 1.807) is 0 Å². The molecule has 0 aliphatic carbocycles. The van der Waals surface area contributed by atoms with Crippen molar-refractivity contribution in [3.05, 3.63) is 35.9 Å². The highest BCUT2D eigenvalue weighted by Crippen LogP contribution is 2.27. The monoisotopic (exact) mass is 259 g/mol. The maximum Gasteiger partial charge on any atom is 0.389 e. The van der Waals surface area contributed by atoms with Gasteiger partial charge in [-0.1, -0.05) is 30.3 Å². The zero-order chi connectivity index (χ0) is 13.6. The number of halogens is 3. The summed E-state index contributed by atoms with van der Waals surface area (Å²) in [5.41, 5.74) is 6.03. The molecule has 0 saturated carbocycles. The molecule has 5 heteroatoms. The number of nitrogens with two attached hydrogens (primary N) is 1. The smallest absolute Gasteiger partial charge is 0.369 e. The summed E-state index contributed by atoms with van der Waals surface area (Å²) in [5, 5.41) is 0. The van der Waals surface area contributed by atoms with Crippen molar-refractivity contribution in [3.63, 3.8) is 0 Å². The van der Waals surface area contributed by atoms with Crippen LogP contribution < -0.4 is 5.73 Å². The molecular weight excluding hydrogens is 243 g/mol. The Kier molecular flexibility index (Phi) is 5.19. The van der Waals surface area contributed by atoms with Crippen LogP contribution in [0.2, 0.25) is 0 Å². The van der Waals surface area contributed by atoms with E-state index in [0.717, 1.165) is 5.56 Å². The SMILES string of the molecule is NC(=O)C(CCCc1ccccc1)CC(F)(F)F. The molecule has 1 aromatic carbocycles. The van der Waals surface area contributed by atoms with Crippen LogP contribution in [-0.2, 0) is 11.2 Å². The first-order valence-corrected chi connectivity index (χ1v) is 5.78. The van der Waals surface area contributed by atoms with Crippen LogP contribution in [-0.4, -0.2) is 12.1 Å². The van der Waals surface area contributed by atoms with E-state index in [-0.39, 0.29) is 6.42 Å². The molecule has 1 aromatic rings. The molecule has 0 aromatic heterocycles. The third-order valence-corrected chi connectivity index (χ3v) is 2.74. The maximum absolute atomic E-state index is 12.2. The van der Waals surface area contributed by atoms with Gasteiger partial charge in [0.15, 0.2) is 0 Å². The number of alkyl halides is 3. The number of primary amides is 1. The van der Waals surface area contributed by atoms with Crippen molar-refractivity contribution in [2.45, 2.75) is 31.9 Å². The maximum atomic E-state index is 12.2. The predicted octanol–water partition coefficient (Wildman–Crippen LogP) is 3.06. The fraction of sp³-hybridized carbons (Fsp3) is 0.462. The average Bonchev–Trinajstić information content (AvgIpc) is 2.27. The average molecular weight is 259 g/mol. The summed E-state index contributed by atoms with van der Waals surface area (Å²) in [4.78, 5) is 10.9. The molecule has 0 spiro atoms. The van der Waals surface area contributed by atoms with Gasteiger partial charge in [-0.15, -0.1) is 0 Å². The molecule has 0 bridgehead atoms. The molecule has 0 heterocycles. The van der Waals surface area contributed by atoms with E-state index >= 15 is 0 Å². The van der Waals surface area contributed by atoms with Gasteiger partial charge in [-0.3, -0.25) is 4.79 Å². The minimum atomic E-state index is -4.34. The van der Waals surface area contributed by atoms with Gasteiger partial charge in [0.05, 0.1) is 6.42 Å². The number of rotatable bonds is 6. The highest BCUT2D eigenvalue weighted by atomic mass is 19.4. The molecule has 2 N–H and O–H groups in total. The van der Waals surface area contributed by atoms with Gasteiger partial charge < -0.3 is 5.73 Å². The van der Waals surface area contributed by atoms with Crippen LogP contribution in [0.5, 0.6) is 0 Å². The molecule has 0 fully saturated rings. The molecule has 18 heavy (non-hydrogen) atoms. The highest BCUT2D eigenvalue weighted by molar-refractivity contribution is 5.76. The minimum absolute atomic E-state index is 0.170. The van der Waals surface area contributed by atoms with Crippen molar-refractivity contribution >= 4 is 5.91 Å². The fourth-order valence-corrected chi connectivity index (χ4v) is 1.82. The largest absolute Gasteiger partial charge is 0.389 e. The van der Waals surface area contributed by atoms with Crippen LogP contribution in [0.25, 0.3) is 0 Å². The number of amides is 1. The molecule has 0 aliphatic rings. The summed E-state index contributed by atoms with van der Waals surface area (Å²) in [7, 11) is 0. The lowest BCUT2D eigenvalue weighted by Gasteiger charge is -2.15. The second kappa shape index (κ2) is 6.42. The zero-order valence-electron chi connectivity index (χ0n) is 9.91. The molecule has 100 valence electrons. The Balaban J connectivity index is 2.41. The third kappa shape index (κ3) is 5.70. The summed E-state index contributed by atoms with van der Waals surface area (Å²) >= 11 is 0. The standard InChI is InChI=1S/C13H16F3NO/c14-13(15,16)9-11(12(17)18)8-4-7-10-5-2-1-3-6-10/h1-3,5-6,11H,4,7-9H2,(H2,17,18). The van der Waals surface area contributed by atoms with E-state index in [1.807, 2.05) is 30.3 Å². The summed E-state index contributed by atoms with van der Waals surface area (Å²) in [6.07, 6.45) is -4.12. The van der Waals surface area contributed by atoms with Crippen LogP contribution in [0.15, 0.2) is 30.3 Å².